The molecule has 0 aromatic carbocycles. The standard InChI is InChI=1S/C5H5NS.4Zn/c7-5-3-1-2-4-6-5;;;;/h1-4H,(H,6,7);;;;. The fraction of sp³-hybridized carbons (Fsp3) is 0. The molecule has 0 unspecified atom stereocenters. The fourth-order valence-electron chi connectivity index (χ4n) is 0.354. The number of pyridine rings is 1. The Morgan fingerprint density at radius 2 is 1.55 bits per heavy atom. The molecule has 0 amide bonds. The van der Waals surface area contributed by atoms with Gasteiger partial charge in [0.15, 0.2) is 0 Å². The molecular formula is C5H5NSZn4. The van der Waals surface area contributed by atoms with Gasteiger partial charge in [0.1, 0.15) is 0 Å². The minimum Gasteiger partial charge on any atom is -0.250 e. The first kappa shape index (κ1) is 23.1. The minimum absolute atomic E-state index is 0. The molecule has 0 saturated carbocycles. The zero-order chi connectivity index (χ0) is 5.11. The first-order valence-corrected chi connectivity index (χ1v) is 2.44. The molecule has 0 fully saturated rings. The Bertz CT molecular complexity index is 148. The molecule has 0 atom stereocenters. The van der Waals surface area contributed by atoms with Crippen LogP contribution in [-0.2, 0) is 77.9 Å². The summed E-state index contributed by atoms with van der Waals surface area (Å²) >= 11 is 3.97. The molecule has 0 aliphatic rings. The van der Waals surface area contributed by atoms with Gasteiger partial charge in [-0.15, -0.1) is 12.6 Å². The molecule has 1 aromatic rings. The van der Waals surface area contributed by atoms with Gasteiger partial charge in [0.25, 0.3) is 0 Å². The van der Waals surface area contributed by atoms with Crippen molar-refractivity contribution in [3.8, 4) is 0 Å². The van der Waals surface area contributed by atoms with Gasteiger partial charge in [-0.1, -0.05) is 6.07 Å². The molecule has 0 N–H and O–H groups in total. The van der Waals surface area contributed by atoms with Gasteiger partial charge < -0.3 is 0 Å². The van der Waals surface area contributed by atoms with E-state index in [1.165, 1.54) is 0 Å². The van der Waals surface area contributed by atoms with E-state index >= 15 is 0 Å². The van der Waals surface area contributed by atoms with E-state index < -0.39 is 0 Å². The summed E-state index contributed by atoms with van der Waals surface area (Å²) in [6.07, 6.45) is 1.71. The van der Waals surface area contributed by atoms with Crippen molar-refractivity contribution in [2.45, 2.75) is 5.03 Å². The van der Waals surface area contributed by atoms with E-state index in [1.807, 2.05) is 18.2 Å². The topological polar surface area (TPSA) is 12.9 Å². The second-order valence-electron chi connectivity index (χ2n) is 1.19. The number of rotatable bonds is 0. The van der Waals surface area contributed by atoms with E-state index in [0.717, 1.165) is 5.03 Å². The largest absolute Gasteiger partial charge is 0.250 e. The number of hydrogen-bond donors (Lipinski definition) is 1. The molecule has 1 heterocycles. The number of nitrogens with zero attached hydrogens (tertiary/aromatic N) is 1. The summed E-state index contributed by atoms with van der Waals surface area (Å²) in [5, 5.41) is 0.766. The van der Waals surface area contributed by atoms with Crippen LogP contribution in [0.1, 0.15) is 0 Å². The van der Waals surface area contributed by atoms with Crippen LogP contribution in [0.2, 0.25) is 0 Å². The second kappa shape index (κ2) is 14.5. The Balaban J connectivity index is -0.0000000612. The summed E-state index contributed by atoms with van der Waals surface area (Å²) in [6, 6.07) is 5.60. The summed E-state index contributed by atoms with van der Waals surface area (Å²) in [5.74, 6) is 0. The zero-order valence-electron chi connectivity index (χ0n) is 6.53. The third-order valence-electron chi connectivity index (χ3n) is 0.649. The van der Waals surface area contributed by atoms with Crippen LogP contribution < -0.4 is 0 Å². The molecule has 0 radical (unpaired) electrons. The van der Waals surface area contributed by atoms with E-state index in [9.17, 15) is 0 Å². The molecule has 6 heteroatoms. The van der Waals surface area contributed by atoms with Crippen molar-refractivity contribution in [3.63, 3.8) is 0 Å². The Labute approximate surface area is 123 Å². The monoisotopic (exact) mass is 367 g/mol. The van der Waals surface area contributed by atoms with Crippen molar-refractivity contribution in [2.75, 3.05) is 0 Å². The predicted octanol–water partition coefficient (Wildman–Crippen LogP) is 1.36. The van der Waals surface area contributed by atoms with E-state index in [2.05, 4.69) is 17.6 Å². The number of thiol groups is 1. The van der Waals surface area contributed by atoms with Crippen LogP contribution in [-0.4, -0.2) is 4.98 Å². The van der Waals surface area contributed by atoms with E-state index in [1.54, 1.807) is 6.20 Å². The van der Waals surface area contributed by atoms with Crippen molar-refractivity contribution >= 4 is 12.6 Å². The van der Waals surface area contributed by atoms with Gasteiger partial charge in [-0.2, -0.15) is 0 Å². The molecule has 0 aliphatic heterocycles. The van der Waals surface area contributed by atoms with Crippen molar-refractivity contribution < 1.29 is 77.9 Å². The molecule has 1 nitrogen and oxygen atoms in total. The quantitative estimate of drug-likeness (QED) is 0.536. The second-order valence-corrected chi connectivity index (χ2v) is 1.65. The van der Waals surface area contributed by atoms with Crippen molar-refractivity contribution in [2.24, 2.45) is 0 Å². The predicted molar refractivity (Wildman–Crippen MR) is 31.5 cm³/mol. The molecule has 44 valence electrons. The van der Waals surface area contributed by atoms with Gasteiger partial charge in [-0.25, -0.2) is 0 Å². The Morgan fingerprint density at radius 3 is 1.73 bits per heavy atom. The normalized spacial score (nSPS) is 5.55. The van der Waals surface area contributed by atoms with Crippen LogP contribution >= 0.6 is 12.6 Å². The third-order valence-corrected chi connectivity index (χ3v) is 0.914. The first-order valence-electron chi connectivity index (χ1n) is 1.99. The Kier molecular flexibility index (Phi) is 30.5. The SMILES string of the molecule is Sc1ccccn1.[Zn].[Zn].[Zn].[Zn]. The maximum Gasteiger partial charge on any atom is 0.0929 e. The third kappa shape index (κ3) is 12.0. The van der Waals surface area contributed by atoms with Crippen molar-refractivity contribution in [3.05, 3.63) is 24.4 Å². The maximum atomic E-state index is 3.97. The Hall–Kier alpha value is 1.99. The van der Waals surface area contributed by atoms with E-state index in [4.69, 9.17) is 0 Å². The van der Waals surface area contributed by atoms with Gasteiger partial charge in [0.05, 0.1) is 5.03 Å². The van der Waals surface area contributed by atoms with Crippen LogP contribution in [0.25, 0.3) is 0 Å². The summed E-state index contributed by atoms with van der Waals surface area (Å²) in [5.41, 5.74) is 0. The van der Waals surface area contributed by atoms with E-state index in [0.29, 0.717) is 0 Å². The molecule has 11 heavy (non-hydrogen) atoms. The summed E-state index contributed by atoms with van der Waals surface area (Å²) in [6.45, 7) is 0. The molecule has 1 aromatic heterocycles. The van der Waals surface area contributed by atoms with Gasteiger partial charge >= 0.3 is 0 Å². The summed E-state index contributed by atoms with van der Waals surface area (Å²) in [4.78, 5) is 3.84. The van der Waals surface area contributed by atoms with Crippen LogP contribution in [0, 0.1) is 0 Å². The molecule has 0 spiro atoms. The summed E-state index contributed by atoms with van der Waals surface area (Å²) in [7, 11) is 0. The summed E-state index contributed by atoms with van der Waals surface area (Å²) < 4.78 is 0. The Morgan fingerprint density at radius 1 is 1.00 bits per heavy atom. The average Bonchev–Trinajstić information content (AvgIpc) is 1.69. The van der Waals surface area contributed by atoms with Gasteiger partial charge in [0, 0.05) is 84.1 Å². The number of hydrogen-bond acceptors (Lipinski definition) is 2. The van der Waals surface area contributed by atoms with Crippen molar-refractivity contribution in [1.29, 1.82) is 0 Å². The van der Waals surface area contributed by atoms with Crippen LogP contribution in [0.4, 0.5) is 0 Å². The van der Waals surface area contributed by atoms with Crippen LogP contribution in [0.5, 0.6) is 0 Å². The van der Waals surface area contributed by atoms with Gasteiger partial charge in [0.2, 0.25) is 0 Å². The molecule has 0 saturated heterocycles. The van der Waals surface area contributed by atoms with Gasteiger partial charge in [-0.3, -0.25) is 4.98 Å². The maximum absolute atomic E-state index is 3.97. The molecule has 0 aliphatic carbocycles. The van der Waals surface area contributed by atoms with E-state index in [-0.39, 0.29) is 77.9 Å². The average molecular weight is 373 g/mol. The molecule has 0 bridgehead atoms. The van der Waals surface area contributed by atoms with Crippen molar-refractivity contribution in [1.82, 2.24) is 4.98 Å². The van der Waals surface area contributed by atoms with Crippen LogP contribution in [0.15, 0.2) is 29.4 Å². The molecule has 1 rings (SSSR count). The first-order chi connectivity index (χ1) is 3.39. The molecular weight excluding hydrogens is 368 g/mol. The van der Waals surface area contributed by atoms with Gasteiger partial charge in [-0.05, 0) is 12.1 Å². The zero-order valence-corrected chi connectivity index (χ0v) is 19.3. The fourth-order valence-corrected chi connectivity index (χ4v) is 0.506. The van der Waals surface area contributed by atoms with Crippen LogP contribution in [0.3, 0.4) is 0 Å². The number of aromatic nitrogens is 1. The smallest absolute Gasteiger partial charge is 0.0929 e. The minimum atomic E-state index is 0.